The van der Waals surface area contributed by atoms with Crippen LogP contribution in [0.1, 0.15) is 25.2 Å². The van der Waals surface area contributed by atoms with Crippen LogP contribution < -0.4 is 0 Å². The fourth-order valence-electron chi connectivity index (χ4n) is 4.91. The Morgan fingerprint density at radius 2 is 0.837 bits per heavy atom. The van der Waals surface area contributed by atoms with Crippen LogP contribution in [-0.2, 0) is 5.41 Å². The lowest BCUT2D eigenvalue weighted by Crippen LogP contribution is -2.23. The van der Waals surface area contributed by atoms with Crippen LogP contribution in [0.25, 0.3) is 44.8 Å². The summed E-state index contributed by atoms with van der Waals surface area (Å²) < 4.78 is 57.1. The third-order valence-electron chi connectivity index (χ3n) is 7.33. The highest BCUT2D eigenvalue weighted by atomic mass is 19.1. The fraction of sp³-hybridized carbons (Fsp3) is 0.0857. The van der Waals surface area contributed by atoms with Crippen LogP contribution in [-0.4, -0.2) is 19.9 Å². The number of nitrogens with zero attached hydrogens (tertiary/aromatic N) is 4. The Kier molecular flexibility index (Phi) is 7.27. The summed E-state index contributed by atoms with van der Waals surface area (Å²) in [4.78, 5) is 16.4. The topological polar surface area (TPSA) is 51.6 Å². The lowest BCUT2D eigenvalue weighted by Gasteiger charge is -2.26. The standard InChI is InChI=1S/C35H24F4N4/c1-35(2,29-19-23(21-9-5-3-6-10-21)17-27(40-29)25-13-15-31(36)42-33(25)38)30-20-24(22-11-7-4-8-12-22)18-28(41-30)26-14-16-32(37)43-34(26)39/h3-20H,1-2H3. The molecular weight excluding hydrogens is 552 g/mol. The zero-order chi connectivity index (χ0) is 30.1. The van der Waals surface area contributed by atoms with Gasteiger partial charge in [-0.05, 0) is 84.6 Å². The van der Waals surface area contributed by atoms with Crippen LogP contribution in [0.4, 0.5) is 17.6 Å². The Balaban J connectivity index is 1.58. The molecule has 0 aliphatic carbocycles. The molecule has 4 aromatic heterocycles. The maximum Gasteiger partial charge on any atom is 0.224 e. The van der Waals surface area contributed by atoms with Gasteiger partial charge in [0.15, 0.2) is 0 Å². The van der Waals surface area contributed by atoms with Gasteiger partial charge in [0, 0.05) is 5.41 Å². The van der Waals surface area contributed by atoms with Crippen molar-refractivity contribution in [2.45, 2.75) is 19.3 Å². The molecule has 0 amide bonds. The summed E-state index contributed by atoms with van der Waals surface area (Å²) in [5.74, 6) is -3.82. The smallest absolute Gasteiger partial charge is 0.224 e. The molecule has 0 spiro atoms. The fourth-order valence-corrected chi connectivity index (χ4v) is 4.91. The number of rotatable bonds is 6. The average Bonchev–Trinajstić information content (AvgIpc) is 3.01. The Hall–Kier alpha value is -5.24. The number of benzene rings is 2. The molecule has 0 saturated carbocycles. The molecule has 0 radical (unpaired) electrons. The Morgan fingerprint density at radius 1 is 0.442 bits per heavy atom. The van der Waals surface area contributed by atoms with Gasteiger partial charge in [0.25, 0.3) is 0 Å². The van der Waals surface area contributed by atoms with Gasteiger partial charge in [-0.25, -0.2) is 0 Å². The minimum atomic E-state index is -0.979. The second-order valence-electron chi connectivity index (χ2n) is 10.6. The molecule has 212 valence electrons. The highest BCUT2D eigenvalue weighted by Crippen LogP contribution is 2.38. The molecule has 4 nitrogen and oxygen atoms in total. The Labute approximate surface area is 245 Å². The van der Waals surface area contributed by atoms with E-state index in [9.17, 15) is 17.6 Å². The van der Waals surface area contributed by atoms with Gasteiger partial charge in [-0.1, -0.05) is 60.7 Å². The molecule has 6 rings (SSSR count). The lowest BCUT2D eigenvalue weighted by molar-refractivity contribution is 0.514. The SMILES string of the molecule is CC(C)(c1cc(-c2ccccc2)cc(-c2ccc(F)nc2F)n1)c1cc(-c2ccccc2)cc(-c2ccc(F)nc2F)n1. The van der Waals surface area contributed by atoms with Gasteiger partial charge in [-0.2, -0.15) is 27.5 Å². The minimum absolute atomic E-state index is 0.0439. The third kappa shape index (κ3) is 5.64. The average molecular weight is 577 g/mol. The first-order valence-corrected chi connectivity index (χ1v) is 13.5. The predicted molar refractivity (Wildman–Crippen MR) is 158 cm³/mol. The van der Waals surface area contributed by atoms with E-state index >= 15 is 0 Å². The van der Waals surface area contributed by atoms with Crippen molar-refractivity contribution in [2.75, 3.05) is 0 Å². The highest BCUT2D eigenvalue weighted by Gasteiger charge is 2.30. The number of aromatic nitrogens is 4. The number of hydrogen-bond acceptors (Lipinski definition) is 4. The van der Waals surface area contributed by atoms with Crippen LogP contribution in [0.15, 0.2) is 109 Å². The summed E-state index contributed by atoms with van der Waals surface area (Å²) in [7, 11) is 0. The minimum Gasteiger partial charge on any atom is -0.252 e. The van der Waals surface area contributed by atoms with E-state index in [-0.39, 0.29) is 22.5 Å². The van der Waals surface area contributed by atoms with Crippen LogP contribution >= 0.6 is 0 Å². The largest absolute Gasteiger partial charge is 0.252 e. The van der Waals surface area contributed by atoms with Gasteiger partial charge in [-0.3, -0.25) is 9.97 Å². The molecule has 0 unspecified atom stereocenters. The number of pyridine rings is 4. The van der Waals surface area contributed by atoms with Crippen LogP contribution in [0.5, 0.6) is 0 Å². The Morgan fingerprint density at radius 3 is 1.21 bits per heavy atom. The van der Waals surface area contributed by atoms with Gasteiger partial charge in [-0.15, -0.1) is 0 Å². The monoisotopic (exact) mass is 576 g/mol. The van der Waals surface area contributed by atoms with Crippen LogP contribution in [0, 0.1) is 23.8 Å². The second-order valence-corrected chi connectivity index (χ2v) is 10.6. The summed E-state index contributed by atoms with van der Waals surface area (Å²) in [6, 6.07) is 31.1. The van der Waals surface area contributed by atoms with E-state index < -0.39 is 29.2 Å². The van der Waals surface area contributed by atoms with Crippen molar-refractivity contribution in [2.24, 2.45) is 0 Å². The molecule has 0 N–H and O–H groups in total. The quantitative estimate of drug-likeness (QED) is 0.147. The van der Waals surface area contributed by atoms with Crippen molar-refractivity contribution in [3.63, 3.8) is 0 Å². The van der Waals surface area contributed by atoms with Crippen molar-refractivity contribution in [3.05, 3.63) is 144 Å². The van der Waals surface area contributed by atoms with Gasteiger partial charge >= 0.3 is 0 Å². The number of halogens is 4. The molecule has 0 aliphatic rings. The lowest BCUT2D eigenvalue weighted by atomic mass is 9.82. The van der Waals surface area contributed by atoms with Crippen LogP contribution in [0.2, 0.25) is 0 Å². The van der Waals surface area contributed by atoms with Crippen molar-refractivity contribution in [3.8, 4) is 44.8 Å². The van der Waals surface area contributed by atoms with Gasteiger partial charge in [0.1, 0.15) is 0 Å². The molecule has 0 fully saturated rings. The number of hydrogen-bond donors (Lipinski definition) is 0. The molecular formula is C35H24F4N4. The third-order valence-corrected chi connectivity index (χ3v) is 7.33. The van der Waals surface area contributed by atoms with Crippen molar-refractivity contribution < 1.29 is 17.6 Å². The first-order chi connectivity index (χ1) is 20.7. The van der Waals surface area contributed by atoms with E-state index in [1.54, 1.807) is 12.1 Å². The molecule has 4 heterocycles. The van der Waals surface area contributed by atoms with E-state index in [1.165, 1.54) is 12.1 Å². The van der Waals surface area contributed by atoms with E-state index in [1.807, 2.05) is 86.6 Å². The highest BCUT2D eigenvalue weighted by molar-refractivity contribution is 5.73. The molecule has 6 aromatic rings. The van der Waals surface area contributed by atoms with E-state index in [4.69, 9.17) is 9.97 Å². The predicted octanol–water partition coefficient (Wildman–Crippen LogP) is 8.82. The second kappa shape index (κ2) is 11.2. The maximum atomic E-state index is 14.9. The van der Waals surface area contributed by atoms with Crippen LogP contribution in [0.3, 0.4) is 0 Å². The Bertz CT molecular complexity index is 1800. The summed E-state index contributed by atoms with van der Waals surface area (Å²) >= 11 is 0. The van der Waals surface area contributed by atoms with E-state index in [0.29, 0.717) is 11.4 Å². The van der Waals surface area contributed by atoms with E-state index in [0.717, 1.165) is 34.4 Å². The maximum absolute atomic E-state index is 14.9. The molecule has 43 heavy (non-hydrogen) atoms. The van der Waals surface area contributed by atoms with Crippen molar-refractivity contribution in [1.29, 1.82) is 0 Å². The zero-order valence-corrected chi connectivity index (χ0v) is 23.2. The summed E-state index contributed by atoms with van der Waals surface area (Å²) in [6.07, 6.45) is 0. The summed E-state index contributed by atoms with van der Waals surface area (Å²) in [5.41, 5.74) is 4.02. The molecule has 0 atom stereocenters. The molecule has 0 aliphatic heterocycles. The molecule has 0 bridgehead atoms. The van der Waals surface area contributed by atoms with Crippen molar-refractivity contribution in [1.82, 2.24) is 19.9 Å². The first kappa shape index (κ1) is 27.9. The van der Waals surface area contributed by atoms with Crippen molar-refractivity contribution >= 4 is 0 Å². The summed E-state index contributed by atoms with van der Waals surface area (Å²) in [5, 5.41) is 0. The zero-order valence-electron chi connectivity index (χ0n) is 23.2. The summed E-state index contributed by atoms with van der Waals surface area (Å²) in [6.45, 7) is 3.82. The first-order valence-electron chi connectivity index (χ1n) is 13.5. The van der Waals surface area contributed by atoms with Gasteiger partial charge in [0.2, 0.25) is 23.8 Å². The van der Waals surface area contributed by atoms with E-state index in [2.05, 4.69) is 9.97 Å². The molecule has 2 aromatic carbocycles. The molecule has 0 saturated heterocycles. The van der Waals surface area contributed by atoms with Gasteiger partial charge in [0.05, 0.1) is 33.9 Å². The van der Waals surface area contributed by atoms with Gasteiger partial charge < -0.3 is 0 Å². The molecule has 8 heteroatoms. The normalized spacial score (nSPS) is 11.5.